The van der Waals surface area contributed by atoms with Gasteiger partial charge in [0.2, 0.25) is 5.91 Å². The number of ether oxygens (including phenoxy) is 1. The fraction of sp³-hybridized carbons (Fsp3) is 0.750. The summed E-state index contributed by atoms with van der Waals surface area (Å²) in [6.45, 7) is 3.03. The topological polar surface area (TPSA) is 46.6 Å². The predicted octanol–water partition coefficient (Wildman–Crippen LogP) is 0.123. The van der Waals surface area contributed by atoms with Crippen molar-refractivity contribution in [2.75, 3.05) is 26.8 Å². The molecule has 0 aromatic carbocycles. The van der Waals surface area contributed by atoms with Crippen molar-refractivity contribution >= 4 is 22.8 Å². The number of carbonyl (C=O) groups excluding carboxylic acids is 2. The number of thioether (sulfide) groups is 1. The molecule has 0 saturated carbocycles. The van der Waals surface area contributed by atoms with Gasteiger partial charge in [0, 0.05) is 32.4 Å². The lowest BCUT2D eigenvalue weighted by atomic mass is 10.2. The van der Waals surface area contributed by atoms with Gasteiger partial charge in [-0.15, -0.1) is 0 Å². The molecule has 0 aliphatic carbocycles. The Kier molecular flexibility index (Phi) is 3.74. The molecule has 0 aromatic heterocycles. The Morgan fingerprint density at radius 3 is 2.62 bits per heavy atom. The molecule has 0 unspecified atom stereocenters. The van der Waals surface area contributed by atoms with E-state index in [0.29, 0.717) is 18.3 Å². The molecule has 13 heavy (non-hydrogen) atoms. The summed E-state index contributed by atoms with van der Waals surface area (Å²) < 4.78 is 4.71. The highest BCUT2D eigenvalue weighted by atomic mass is 32.2. The van der Waals surface area contributed by atoms with Gasteiger partial charge in [-0.05, 0) is 0 Å². The first-order chi connectivity index (χ1) is 6.13. The minimum Gasteiger partial charge on any atom is -0.375 e. The summed E-state index contributed by atoms with van der Waals surface area (Å²) in [4.78, 5) is 23.5. The lowest BCUT2D eigenvalue weighted by Crippen LogP contribution is -2.53. The summed E-state index contributed by atoms with van der Waals surface area (Å²) >= 11 is 1.31. The van der Waals surface area contributed by atoms with Gasteiger partial charge in [-0.1, -0.05) is 11.8 Å². The molecule has 1 saturated heterocycles. The number of likely N-dealkylation sites (tertiary alicyclic amines) is 1. The fourth-order valence-corrected chi connectivity index (χ4v) is 2.14. The van der Waals surface area contributed by atoms with Crippen molar-refractivity contribution in [3.8, 4) is 0 Å². The van der Waals surface area contributed by atoms with E-state index in [4.69, 9.17) is 4.74 Å². The number of amides is 1. The van der Waals surface area contributed by atoms with Gasteiger partial charge in [0.25, 0.3) is 0 Å². The van der Waals surface area contributed by atoms with Crippen molar-refractivity contribution in [2.24, 2.45) is 0 Å². The molecule has 0 bridgehead atoms. The molecule has 0 spiro atoms. The quantitative estimate of drug-likeness (QED) is 0.654. The van der Waals surface area contributed by atoms with Crippen LogP contribution in [0.5, 0.6) is 0 Å². The molecular weight excluding hydrogens is 190 g/mol. The minimum atomic E-state index is 0.00269. The third-order valence-corrected chi connectivity index (χ3v) is 2.76. The van der Waals surface area contributed by atoms with E-state index in [9.17, 15) is 9.59 Å². The van der Waals surface area contributed by atoms with Crippen molar-refractivity contribution in [3.63, 3.8) is 0 Å². The summed E-state index contributed by atoms with van der Waals surface area (Å²) in [5.41, 5.74) is 0. The second-order valence-electron chi connectivity index (χ2n) is 2.96. The van der Waals surface area contributed by atoms with Crippen LogP contribution < -0.4 is 0 Å². The van der Waals surface area contributed by atoms with Crippen LogP contribution in [-0.4, -0.2) is 48.0 Å². The Morgan fingerprint density at radius 2 is 2.15 bits per heavy atom. The van der Waals surface area contributed by atoms with E-state index < -0.39 is 0 Å². The van der Waals surface area contributed by atoms with Crippen LogP contribution >= 0.6 is 11.8 Å². The van der Waals surface area contributed by atoms with Crippen molar-refractivity contribution in [1.82, 2.24) is 4.90 Å². The summed E-state index contributed by atoms with van der Waals surface area (Å²) in [6.07, 6.45) is 0. The number of nitrogens with zero attached hydrogens (tertiary/aromatic N) is 1. The number of carbonyl (C=O) groups is 2. The van der Waals surface area contributed by atoms with Gasteiger partial charge in [0.15, 0.2) is 5.12 Å². The van der Waals surface area contributed by atoms with Gasteiger partial charge < -0.3 is 9.64 Å². The van der Waals surface area contributed by atoms with Gasteiger partial charge in [0.05, 0.1) is 0 Å². The van der Waals surface area contributed by atoms with E-state index in [1.165, 1.54) is 18.9 Å². The van der Waals surface area contributed by atoms with E-state index in [1.54, 1.807) is 11.8 Å². The average Bonchev–Trinajstić information content (AvgIpc) is 1.95. The standard InChI is InChI=1S/C8H13NO3S/c1-6(10)13-7-3-9(4-7)8(11)5-12-2/h7H,3-5H2,1-2H3. The van der Waals surface area contributed by atoms with Crippen LogP contribution in [0.15, 0.2) is 0 Å². The molecule has 1 heterocycles. The SMILES string of the molecule is COCC(=O)N1CC(SC(C)=O)C1. The van der Waals surface area contributed by atoms with Crippen molar-refractivity contribution in [3.05, 3.63) is 0 Å². The Labute approximate surface area is 81.6 Å². The molecule has 1 aliphatic rings. The maximum absolute atomic E-state index is 11.2. The highest BCUT2D eigenvalue weighted by Gasteiger charge is 2.31. The van der Waals surface area contributed by atoms with Gasteiger partial charge in [0.1, 0.15) is 6.61 Å². The van der Waals surface area contributed by atoms with Crippen LogP contribution in [0.1, 0.15) is 6.92 Å². The highest BCUT2D eigenvalue weighted by molar-refractivity contribution is 8.14. The highest BCUT2D eigenvalue weighted by Crippen LogP contribution is 2.22. The van der Waals surface area contributed by atoms with Crippen LogP contribution in [0.25, 0.3) is 0 Å². The summed E-state index contributed by atoms with van der Waals surface area (Å²) in [5, 5.41) is 0.405. The van der Waals surface area contributed by atoms with Crippen molar-refractivity contribution in [2.45, 2.75) is 12.2 Å². The average molecular weight is 203 g/mol. The number of rotatable bonds is 3. The lowest BCUT2D eigenvalue weighted by Gasteiger charge is -2.37. The molecule has 5 heteroatoms. The zero-order chi connectivity index (χ0) is 9.84. The van der Waals surface area contributed by atoms with E-state index in [0.717, 1.165) is 0 Å². The number of hydrogen-bond acceptors (Lipinski definition) is 4. The van der Waals surface area contributed by atoms with E-state index in [2.05, 4.69) is 0 Å². The Morgan fingerprint density at radius 1 is 1.54 bits per heavy atom. The predicted molar refractivity (Wildman–Crippen MR) is 50.5 cm³/mol. The lowest BCUT2D eigenvalue weighted by molar-refractivity contribution is -0.138. The van der Waals surface area contributed by atoms with Gasteiger partial charge in [-0.25, -0.2) is 0 Å². The minimum absolute atomic E-state index is 0.00269. The van der Waals surface area contributed by atoms with Crippen LogP contribution in [0.4, 0.5) is 0 Å². The number of methoxy groups -OCH3 is 1. The van der Waals surface area contributed by atoms with Crippen LogP contribution in [0.2, 0.25) is 0 Å². The summed E-state index contributed by atoms with van der Waals surface area (Å²) in [5.74, 6) is 0.00269. The Hall–Kier alpha value is -0.550. The second-order valence-corrected chi connectivity index (χ2v) is 4.44. The molecule has 1 aliphatic heterocycles. The van der Waals surface area contributed by atoms with E-state index in [-0.39, 0.29) is 17.6 Å². The molecule has 74 valence electrons. The summed E-state index contributed by atoms with van der Waals surface area (Å²) in [6, 6.07) is 0. The smallest absolute Gasteiger partial charge is 0.248 e. The first-order valence-electron chi connectivity index (χ1n) is 4.07. The molecule has 0 radical (unpaired) electrons. The van der Waals surface area contributed by atoms with Gasteiger partial charge >= 0.3 is 0 Å². The fourth-order valence-electron chi connectivity index (χ4n) is 1.17. The van der Waals surface area contributed by atoms with Gasteiger partial charge in [-0.2, -0.15) is 0 Å². The molecular formula is C8H13NO3S. The molecule has 0 aromatic rings. The Balaban J connectivity index is 2.17. The molecule has 4 nitrogen and oxygen atoms in total. The van der Waals surface area contributed by atoms with Crippen LogP contribution in [-0.2, 0) is 14.3 Å². The first kappa shape index (κ1) is 10.5. The molecule has 1 amide bonds. The first-order valence-corrected chi connectivity index (χ1v) is 4.95. The molecule has 1 rings (SSSR count). The monoisotopic (exact) mass is 203 g/mol. The van der Waals surface area contributed by atoms with E-state index >= 15 is 0 Å². The van der Waals surface area contributed by atoms with E-state index in [1.807, 2.05) is 0 Å². The number of hydrogen-bond donors (Lipinski definition) is 0. The van der Waals surface area contributed by atoms with Crippen LogP contribution in [0, 0.1) is 0 Å². The Bertz CT molecular complexity index is 213. The van der Waals surface area contributed by atoms with Gasteiger partial charge in [-0.3, -0.25) is 9.59 Å². The normalized spacial score (nSPS) is 16.9. The van der Waals surface area contributed by atoms with Crippen molar-refractivity contribution in [1.29, 1.82) is 0 Å². The third kappa shape index (κ3) is 3.00. The molecule has 0 atom stereocenters. The molecule has 1 fully saturated rings. The molecule has 0 N–H and O–H groups in total. The second kappa shape index (κ2) is 4.62. The zero-order valence-electron chi connectivity index (χ0n) is 7.78. The van der Waals surface area contributed by atoms with Crippen LogP contribution in [0.3, 0.4) is 0 Å². The summed E-state index contributed by atoms with van der Waals surface area (Å²) in [7, 11) is 1.50. The third-order valence-electron chi connectivity index (χ3n) is 1.80. The van der Waals surface area contributed by atoms with Crippen molar-refractivity contribution < 1.29 is 14.3 Å². The maximum Gasteiger partial charge on any atom is 0.248 e. The largest absolute Gasteiger partial charge is 0.375 e. The zero-order valence-corrected chi connectivity index (χ0v) is 8.60. The maximum atomic E-state index is 11.2.